The van der Waals surface area contributed by atoms with E-state index >= 15 is 0 Å². The third-order valence-electron chi connectivity index (χ3n) is 2.91. The Balaban J connectivity index is 2.09. The molecule has 0 saturated carbocycles. The van der Waals surface area contributed by atoms with Gasteiger partial charge in [-0.15, -0.1) is 11.3 Å². The zero-order valence-corrected chi connectivity index (χ0v) is 11.4. The van der Waals surface area contributed by atoms with Crippen LogP contribution in [-0.4, -0.2) is 17.9 Å². The van der Waals surface area contributed by atoms with Gasteiger partial charge in [-0.25, -0.2) is 0 Å². The summed E-state index contributed by atoms with van der Waals surface area (Å²) >= 11 is 1.49. The quantitative estimate of drug-likeness (QED) is 0.857. The van der Waals surface area contributed by atoms with Gasteiger partial charge in [0.1, 0.15) is 0 Å². The third kappa shape index (κ3) is 3.21. The predicted molar refractivity (Wildman–Crippen MR) is 75.6 cm³/mol. The average molecular weight is 270 g/mol. The summed E-state index contributed by atoms with van der Waals surface area (Å²) in [5, 5.41) is 11.2. The molecule has 96 valence electrons. The highest BCUT2D eigenvalue weighted by molar-refractivity contribution is 7.10. The van der Waals surface area contributed by atoms with Gasteiger partial charge in [0.05, 0.1) is 12.5 Å². The number of thiophene rings is 1. The molecule has 0 fully saturated rings. The summed E-state index contributed by atoms with van der Waals surface area (Å²) < 4.78 is 0. The highest BCUT2D eigenvalue weighted by Crippen LogP contribution is 2.23. The van der Waals surface area contributed by atoms with Gasteiger partial charge < -0.3 is 4.90 Å². The van der Waals surface area contributed by atoms with Crippen molar-refractivity contribution in [2.75, 3.05) is 7.05 Å². The summed E-state index contributed by atoms with van der Waals surface area (Å²) in [6.07, 6.45) is 0.320. The van der Waals surface area contributed by atoms with Gasteiger partial charge in [0.25, 0.3) is 0 Å². The van der Waals surface area contributed by atoms with Gasteiger partial charge in [-0.05, 0) is 17.0 Å². The first-order chi connectivity index (χ1) is 9.22. The van der Waals surface area contributed by atoms with Crippen molar-refractivity contribution in [1.29, 1.82) is 5.26 Å². The van der Waals surface area contributed by atoms with E-state index in [-0.39, 0.29) is 5.91 Å². The number of rotatable bonds is 4. The van der Waals surface area contributed by atoms with E-state index in [0.29, 0.717) is 6.42 Å². The maximum atomic E-state index is 12.2. The van der Waals surface area contributed by atoms with Crippen molar-refractivity contribution >= 4 is 17.2 Å². The van der Waals surface area contributed by atoms with E-state index in [1.54, 1.807) is 7.05 Å². The summed E-state index contributed by atoms with van der Waals surface area (Å²) in [4.78, 5) is 14.6. The van der Waals surface area contributed by atoms with E-state index in [1.165, 1.54) is 16.2 Å². The molecule has 19 heavy (non-hydrogen) atoms. The first-order valence-corrected chi connectivity index (χ1v) is 6.83. The number of likely N-dealkylation sites (N-methyl/N-ethyl adjacent to an activating group) is 1. The van der Waals surface area contributed by atoms with E-state index in [0.717, 1.165) is 10.4 Å². The molecule has 1 amide bonds. The van der Waals surface area contributed by atoms with Gasteiger partial charge >= 0.3 is 0 Å². The second kappa shape index (κ2) is 6.17. The lowest BCUT2D eigenvalue weighted by molar-refractivity contribution is -0.130. The van der Waals surface area contributed by atoms with Crippen LogP contribution in [0.3, 0.4) is 0 Å². The Kier molecular flexibility index (Phi) is 4.32. The first-order valence-electron chi connectivity index (χ1n) is 5.95. The van der Waals surface area contributed by atoms with Crippen LogP contribution in [-0.2, 0) is 11.2 Å². The van der Waals surface area contributed by atoms with Gasteiger partial charge in [-0.2, -0.15) is 5.26 Å². The Morgan fingerprint density at radius 3 is 2.63 bits per heavy atom. The second-order valence-electron chi connectivity index (χ2n) is 4.21. The van der Waals surface area contributed by atoms with Crippen molar-refractivity contribution in [2.45, 2.75) is 12.5 Å². The SMILES string of the molecule is CN(C(=O)Cc1ccccc1)C(C#N)c1cccs1. The fourth-order valence-electron chi connectivity index (χ4n) is 1.83. The van der Waals surface area contributed by atoms with Crippen LogP contribution < -0.4 is 0 Å². The molecule has 1 atom stereocenters. The predicted octanol–water partition coefficient (Wildman–Crippen LogP) is 3.01. The molecule has 0 aliphatic heterocycles. The molecule has 1 heterocycles. The molecule has 1 unspecified atom stereocenters. The van der Waals surface area contributed by atoms with E-state index < -0.39 is 6.04 Å². The van der Waals surface area contributed by atoms with Crippen LogP contribution in [0.4, 0.5) is 0 Å². The van der Waals surface area contributed by atoms with Crippen LogP contribution in [0.15, 0.2) is 47.8 Å². The fraction of sp³-hybridized carbons (Fsp3) is 0.200. The largest absolute Gasteiger partial charge is 0.325 e. The number of nitriles is 1. The van der Waals surface area contributed by atoms with Gasteiger partial charge in [-0.3, -0.25) is 4.79 Å². The lowest BCUT2D eigenvalue weighted by Gasteiger charge is -2.21. The monoisotopic (exact) mass is 270 g/mol. The minimum atomic E-state index is -0.504. The number of amides is 1. The zero-order chi connectivity index (χ0) is 13.7. The fourth-order valence-corrected chi connectivity index (χ4v) is 2.64. The van der Waals surface area contributed by atoms with E-state index in [2.05, 4.69) is 6.07 Å². The number of nitrogens with zero attached hydrogens (tertiary/aromatic N) is 2. The Hall–Kier alpha value is -2.12. The summed E-state index contributed by atoms with van der Waals surface area (Å²) in [7, 11) is 1.68. The van der Waals surface area contributed by atoms with Crippen molar-refractivity contribution in [3.8, 4) is 6.07 Å². The van der Waals surface area contributed by atoms with Crippen molar-refractivity contribution < 1.29 is 4.79 Å². The van der Waals surface area contributed by atoms with Crippen LogP contribution in [0.5, 0.6) is 0 Å². The third-order valence-corrected chi connectivity index (χ3v) is 3.84. The van der Waals surface area contributed by atoms with Crippen molar-refractivity contribution in [1.82, 2.24) is 4.90 Å². The summed E-state index contributed by atoms with van der Waals surface area (Å²) in [6.45, 7) is 0. The molecule has 2 aromatic rings. The van der Waals surface area contributed by atoms with Crippen LogP contribution >= 0.6 is 11.3 Å². The average Bonchev–Trinajstić information content (AvgIpc) is 2.94. The van der Waals surface area contributed by atoms with Crippen LogP contribution in [0.25, 0.3) is 0 Å². The van der Waals surface area contributed by atoms with Gasteiger partial charge in [-0.1, -0.05) is 36.4 Å². The smallest absolute Gasteiger partial charge is 0.228 e. The van der Waals surface area contributed by atoms with E-state index in [1.807, 2.05) is 47.8 Å². The molecule has 0 bridgehead atoms. The molecule has 0 aliphatic rings. The summed E-state index contributed by atoms with van der Waals surface area (Å²) in [5.74, 6) is -0.0499. The molecule has 4 heteroatoms. The molecule has 2 rings (SSSR count). The highest BCUT2D eigenvalue weighted by atomic mass is 32.1. The Morgan fingerprint density at radius 1 is 1.32 bits per heavy atom. The standard InChI is InChI=1S/C15H14N2OS/c1-17(13(11-16)14-8-5-9-19-14)15(18)10-12-6-3-2-4-7-12/h2-9,13H,10H2,1H3. The molecular weight excluding hydrogens is 256 g/mol. The van der Waals surface area contributed by atoms with Crippen LogP contribution in [0, 0.1) is 11.3 Å². The molecule has 0 aliphatic carbocycles. The topological polar surface area (TPSA) is 44.1 Å². The van der Waals surface area contributed by atoms with E-state index in [9.17, 15) is 10.1 Å². The molecule has 3 nitrogen and oxygen atoms in total. The van der Waals surface area contributed by atoms with E-state index in [4.69, 9.17) is 0 Å². The van der Waals surface area contributed by atoms with Crippen LogP contribution in [0.2, 0.25) is 0 Å². The van der Waals surface area contributed by atoms with Crippen LogP contribution in [0.1, 0.15) is 16.5 Å². The highest BCUT2D eigenvalue weighted by Gasteiger charge is 2.22. The Labute approximate surface area is 116 Å². The van der Waals surface area contributed by atoms with Crippen molar-refractivity contribution in [2.24, 2.45) is 0 Å². The van der Waals surface area contributed by atoms with Gasteiger partial charge in [0.15, 0.2) is 6.04 Å². The lowest BCUT2D eigenvalue weighted by Crippen LogP contribution is -2.31. The maximum Gasteiger partial charge on any atom is 0.228 e. The molecule has 1 aromatic carbocycles. The van der Waals surface area contributed by atoms with Crippen molar-refractivity contribution in [3.05, 3.63) is 58.3 Å². The minimum absolute atomic E-state index is 0.0499. The molecule has 0 N–H and O–H groups in total. The first kappa shape index (κ1) is 13.3. The van der Waals surface area contributed by atoms with Gasteiger partial charge in [0, 0.05) is 11.9 Å². The molecule has 1 aromatic heterocycles. The number of carbonyl (C=O) groups excluding carboxylic acids is 1. The number of carbonyl (C=O) groups is 1. The molecular formula is C15H14N2OS. The minimum Gasteiger partial charge on any atom is -0.325 e. The van der Waals surface area contributed by atoms with Crippen molar-refractivity contribution in [3.63, 3.8) is 0 Å². The normalized spacial score (nSPS) is 11.6. The Morgan fingerprint density at radius 2 is 2.05 bits per heavy atom. The maximum absolute atomic E-state index is 12.2. The number of hydrogen-bond acceptors (Lipinski definition) is 3. The lowest BCUT2D eigenvalue weighted by atomic mass is 10.1. The molecule has 0 spiro atoms. The van der Waals surface area contributed by atoms with Gasteiger partial charge in [0.2, 0.25) is 5.91 Å². The second-order valence-corrected chi connectivity index (χ2v) is 5.19. The number of benzene rings is 1. The summed E-state index contributed by atoms with van der Waals surface area (Å²) in [6, 6.07) is 15.0. The number of hydrogen-bond donors (Lipinski definition) is 0. The summed E-state index contributed by atoms with van der Waals surface area (Å²) in [5.41, 5.74) is 0.960. The zero-order valence-electron chi connectivity index (χ0n) is 10.6. The molecule has 0 radical (unpaired) electrons. The Bertz CT molecular complexity index is 572. The molecule has 0 saturated heterocycles.